The number of hydrogen-bond acceptors (Lipinski definition) is 6. The van der Waals surface area contributed by atoms with Gasteiger partial charge in [0, 0.05) is 18.2 Å². The summed E-state index contributed by atoms with van der Waals surface area (Å²) in [6.45, 7) is 0.600. The van der Waals surface area contributed by atoms with E-state index in [1.54, 1.807) is 24.3 Å². The minimum Gasteiger partial charge on any atom is -0.419 e. The van der Waals surface area contributed by atoms with Crippen LogP contribution in [0.1, 0.15) is 35.9 Å². The van der Waals surface area contributed by atoms with Crippen LogP contribution in [-0.4, -0.2) is 21.9 Å². The number of nitrogens with one attached hydrogen (secondary N) is 1. The quantitative estimate of drug-likeness (QED) is 0.649. The molecule has 1 unspecified atom stereocenters. The second-order valence-electron chi connectivity index (χ2n) is 5.90. The number of aromatic nitrogens is 2. The summed E-state index contributed by atoms with van der Waals surface area (Å²) >= 11 is 0. The highest BCUT2D eigenvalue weighted by Crippen LogP contribution is 2.21. The van der Waals surface area contributed by atoms with Crippen molar-refractivity contribution in [3.05, 3.63) is 71.6 Å². The molecular formula is C20H20N4O2. The van der Waals surface area contributed by atoms with E-state index in [2.05, 4.69) is 33.7 Å². The smallest absolute Gasteiger partial charge is 0.247 e. The molecule has 132 valence electrons. The van der Waals surface area contributed by atoms with Crippen LogP contribution in [0.2, 0.25) is 0 Å². The van der Waals surface area contributed by atoms with Gasteiger partial charge in [0.2, 0.25) is 11.8 Å². The Balaban J connectivity index is 1.66. The second kappa shape index (κ2) is 8.90. The van der Waals surface area contributed by atoms with Gasteiger partial charge in [-0.25, -0.2) is 0 Å². The van der Waals surface area contributed by atoms with Gasteiger partial charge < -0.3 is 14.8 Å². The monoisotopic (exact) mass is 348 g/mol. The maximum Gasteiger partial charge on any atom is 0.247 e. The number of hydrogen-bond donors (Lipinski definition) is 2. The highest BCUT2D eigenvalue weighted by molar-refractivity contribution is 5.54. The minimum absolute atomic E-state index is 0.105. The van der Waals surface area contributed by atoms with Gasteiger partial charge in [-0.15, -0.1) is 10.2 Å². The van der Waals surface area contributed by atoms with Gasteiger partial charge >= 0.3 is 0 Å². The van der Waals surface area contributed by atoms with Crippen LogP contribution in [0.25, 0.3) is 11.5 Å². The number of aliphatic hydroxyl groups is 1. The van der Waals surface area contributed by atoms with E-state index in [0.717, 1.165) is 17.5 Å². The van der Waals surface area contributed by atoms with E-state index in [1.807, 2.05) is 18.2 Å². The van der Waals surface area contributed by atoms with Gasteiger partial charge in [0.25, 0.3) is 0 Å². The number of nitriles is 1. The summed E-state index contributed by atoms with van der Waals surface area (Å²) in [5.41, 5.74) is 2.53. The summed E-state index contributed by atoms with van der Waals surface area (Å²) in [5.74, 6) is 0.923. The Bertz CT molecular complexity index is 854. The van der Waals surface area contributed by atoms with E-state index in [-0.39, 0.29) is 12.6 Å². The van der Waals surface area contributed by atoms with Crippen molar-refractivity contribution in [1.82, 2.24) is 15.5 Å². The first-order valence-corrected chi connectivity index (χ1v) is 8.52. The lowest BCUT2D eigenvalue weighted by atomic mass is 10.0. The van der Waals surface area contributed by atoms with Crippen molar-refractivity contribution in [3.63, 3.8) is 0 Å². The largest absolute Gasteiger partial charge is 0.419 e. The molecule has 0 bridgehead atoms. The third kappa shape index (κ3) is 4.54. The lowest BCUT2D eigenvalue weighted by Gasteiger charge is -2.17. The van der Waals surface area contributed by atoms with Crippen LogP contribution >= 0.6 is 0 Å². The first kappa shape index (κ1) is 17.8. The summed E-state index contributed by atoms with van der Waals surface area (Å²) in [5, 5.41) is 29.6. The Kier molecular flexibility index (Phi) is 6.09. The highest BCUT2D eigenvalue weighted by atomic mass is 16.4. The fourth-order valence-electron chi connectivity index (χ4n) is 2.71. The third-order valence-electron chi connectivity index (χ3n) is 4.08. The van der Waals surface area contributed by atoms with Crippen LogP contribution in [0.3, 0.4) is 0 Å². The lowest BCUT2D eigenvalue weighted by molar-refractivity contribution is 0.274. The molecule has 3 aromatic rings. The van der Waals surface area contributed by atoms with E-state index in [0.29, 0.717) is 30.3 Å². The summed E-state index contributed by atoms with van der Waals surface area (Å²) in [7, 11) is 0. The second-order valence-corrected chi connectivity index (χ2v) is 5.90. The molecule has 2 N–H and O–H groups in total. The molecule has 1 atom stereocenters. The molecule has 0 aliphatic heterocycles. The fraction of sp³-hybridized carbons (Fsp3) is 0.250. The number of nitrogens with zero attached hydrogens (tertiary/aromatic N) is 3. The summed E-state index contributed by atoms with van der Waals surface area (Å²) in [6.07, 6.45) is 1.53. The van der Waals surface area contributed by atoms with E-state index < -0.39 is 0 Å². The molecule has 0 saturated heterocycles. The average molecular weight is 348 g/mol. The number of aliphatic hydroxyl groups excluding tert-OH is 1. The van der Waals surface area contributed by atoms with Crippen molar-refractivity contribution < 1.29 is 9.52 Å². The van der Waals surface area contributed by atoms with Crippen LogP contribution in [0.5, 0.6) is 0 Å². The van der Waals surface area contributed by atoms with Crippen molar-refractivity contribution in [2.45, 2.75) is 25.4 Å². The molecule has 0 amide bonds. The van der Waals surface area contributed by atoms with Crippen molar-refractivity contribution in [1.29, 1.82) is 5.26 Å². The van der Waals surface area contributed by atoms with E-state index in [9.17, 15) is 0 Å². The Morgan fingerprint density at radius 2 is 1.85 bits per heavy atom. The van der Waals surface area contributed by atoms with Crippen molar-refractivity contribution in [3.8, 4) is 17.5 Å². The minimum atomic E-state index is 0.105. The molecule has 26 heavy (non-hydrogen) atoms. The van der Waals surface area contributed by atoms with Crippen LogP contribution in [0, 0.1) is 11.3 Å². The Morgan fingerprint density at radius 3 is 2.54 bits per heavy atom. The summed E-state index contributed by atoms with van der Waals surface area (Å²) < 4.78 is 5.72. The topological polar surface area (TPSA) is 95.0 Å². The maximum absolute atomic E-state index is 9.13. The zero-order valence-electron chi connectivity index (χ0n) is 14.3. The molecule has 0 spiro atoms. The first-order chi connectivity index (χ1) is 12.8. The predicted octanol–water partition coefficient (Wildman–Crippen LogP) is 3.21. The van der Waals surface area contributed by atoms with Crippen molar-refractivity contribution in [2.24, 2.45) is 0 Å². The molecule has 2 aromatic carbocycles. The molecule has 3 rings (SSSR count). The molecule has 0 radical (unpaired) electrons. The lowest BCUT2D eigenvalue weighted by Crippen LogP contribution is -2.21. The molecule has 0 aliphatic rings. The Labute approximate surface area is 152 Å². The van der Waals surface area contributed by atoms with Crippen molar-refractivity contribution >= 4 is 0 Å². The van der Waals surface area contributed by atoms with E-state index >= 15 is 0 Å². The molecule has 6 heteroatoms. The Hall–Kier alpha value is -3.01. The normalized spacial score (nSPS) is 11.8. The molecule has 0 aliphatic carbocycles. The number of benzene rings is 2. The van der Waals surface area contributed by atoms with E-state index in [1.165, 1.54) is 0 Å². The van der Waals surface area contributed by atoms with Gasteiger partial charge in [0.15, 0.2) is 0 Å². The zero-order valence-corrected chi connectivity index (χ0v) is 14.3. The molecule has 6 nitrogen and oxygen atoms in total. The first-order valence-electron chi connectivity index (χ1n) is 8.52. The fourth-order valence-corrected chi connectivity index (χ4v) is 2.71. The predicted molar refractivity (Wildman–Crippen MR) is 96.8 cm³/mol. The van der Waals surface area contributed by atoms with Gasteiger partial charge in [-0.3, -0.25) is 0 Å². The van der Waals surface area contributed by atoms with Gasteiger partial charge in [-0.05, 0) is 42.7 Å². The van der Waals surface area contributed by atoms with Gasteiger partial charge in [-0.2, -0.15) is 5.26 Å². The molecule has 1 aromatic heterocycles. The average Bonchev–Trinajstić information content (AvgIpc) is 3.18. The highest BCUT2D eigenvalue weighted by Gasteiger charge is 2.13. The number of rotatable bonds is 8. The van der Waals surface area contributed by atoms with Crippen LogP contribution in [0.4, 0.5) is 0 Å². The van der Waals surface area contributed by atoms with Crippen LogP contribution < -0.4 is 5.32 Å². The van der Waals surface area contributed by atoms with Gasteiger partial charge in [-0.1, -0.05) is 30.3 Å². The molecule has 1 heterocycles. The molecular weight excluding hydrogens is 328 g/mol. The van der Waals surface area contributed by atoms with Gasteiger partial charge in [0.1, 0.15) is 0 Å². The van der Waals surface area contributed by atoms with E-state index in [4.69, 9.17) is 14.8 Å². The Morgan fingerprint density at radius 1 is 1.08 bits per heavy atom. The summed E-state index contributed by atoms with van der Waals surface area (Å²) in [6, 6.07) is 19.3. The van der Waals surface area contributed by atoms with Crippen LogP contribution in [-0.2, 0) is 6.54 Å². The standard InChI is InChI=1S/C20H20N4O2/c21-13-15-8-10-17(11-9-15)20-24-23-19(26-20)14-22-18(7-4-12-25)16-5-2-1-3-6-16/h1-3,5-6,8-11,18,22,25H,4,7,12,14H2. The summed E-state index contributed by atoms with van der Waals surface area (Å²) in [4.78, 5) is 0. The maximum atomic E-state index is 9.13. The van der Waals surface area contributed by atoms with Crippen molar-refractivity contribution in [2.75, 3.05) is 6.61 Å². The van der Waals surface area contributed by atoms with Gasteiger partial charge in [0.05, 0.1) is 18.2 Å². The SMILES string of the molecule is N#Cc1ccc(-c2nnc(CNC(CCCO)c3ccccc3)o2)cc1. The third-order valence-corrected chi connectivity index (χ3v) is 4.08. The zero-order chi connectivity index (χ0) is 18.2. The van der Waals surface area contributed by atoms with Crippen LogP contribution in [0.15, 0.2) is 59.0 Å². The molecule has 0 saturated carbocycles. The molecule has 0 fully saturated rings.